The number of Topliss-reactive ketones (excluding diaryl/α,β-unsaturated/α-hetero) is 1. The minimum atomic E-state index is -3.55. The van der Waals surface area contributed by atoms with Crippen molar-refractivity contribution < 1.29 is 27.4 Å². The fourth-order valence-corrected chi connectivity index (χ4v) is 4.69. The van der Waals surface area contributed by atoms with Crippen molar-refractivity contribution >= 4 is 21.7 Å². The first-order valence-corrected chi connectivity index (χ1v) is 9.69. The third-order valence-electron chi connectivity index (χ3n) is 4.30. The second-order valence-electron chi connectivity index (χ2n) is 6.00. The van der Waals surface area contributed by atoms with Crippen LogP contribution < -0.4 is 14.2 Å². The summed E-state index contributed by atoms with van der Waals surface area (Å²) < 4.78 is 41.5. The molecule has 0 aromatic heterocycles. The summed E-state index contributed by atoms with van der Waals surface area (Å²) in [6, 6.07) is 9.68. The van der Waals surface area contributed by atoms with Gasteiger partial charge in [0.25, 0.3) is 0 Å². The van der Waals surface area contributed by atoms with E-state index < -0.39 is 9.84 Å². The zero-order valence-corrected chi connectivity index (χ0v) is 14.8. The normalized spacial score (nSPS) is 19.1. The molecular formula is C19H16O6S. The second kappa shape index (κ2) is 6.17. The predicted molar refractivity (Wildman–Crippen MR) is 94.8 cm³/mol. The summed E-state index contributed by atoms with van der Waals surface area (Å²) in [5.74, 6) is 0.868. The Labute approximate surface area is 150 Å². The van der Waals surface area contributed by atoms with E-state index >= 15 is 0 Å². The molecule has 2 aromatic rings. The van der Waals surface area contributed by atoms with E-state index in [-0.39, 0.29) is 27.6 Å². The molecule has 0 unspecified atom stereocenters. The van der Waals surface area contributed by atoms with Crippen molar-refractivity contribution in [3.63, 3.8) is 0 Å². The van der Waals surface area contributed by atoms with Crippen LogP contribution in [0.25, 0.3) is 6.08 Å². The average molecular weight is 372 g/mol. The van der Waals surface area contributed by atoms with E-state index in [9.17, 15) is 13.2 Å². The van der Waals surface area contributed by atoms with Gasteiger partial charge in [-0.05, 0) is 35.9 Å². The molecule has 2 aromatic carbocycles. The van der Waals surface area contributed by atoms with E-state index in [0.29, 0.717) is 36.0 Å². The standard InChI is InChI=1S/C19H16O6S/c1-23-15-9-12(10-16-19(15)25-7-6-24-16)8-13-11-26(21,22)17-5-3-2-4-14(17)18(13)20/h2-5,8-10H,6-7,11H2,1H3. The maximum absolute atomic E-state index is 12.7. The van der Waals surface area contributed by atoms with Gasteiger partial charge in [-0.15, -0.1) is 0 Å². The van der Waals surface area contributed by atoms with Crippen LogP contribution in [0.3, 0.4) is 0 Å². The molecule has 2 heterocycles. The Morgan fingerprint density at radius 2 is 1.88 bits per heavy atom. The van der Waals surface area contributed by atoms with Crippen molar-refractivity contribution in [2.24, 2.45) is 0 Å². The van der Waals surface area contributed by atoms with Crippen molar-refractivity contribution in [2.45, 2.75) is 4.90 Å². The van der Waals surface area contributed by atoms with Crippen molar-refractivity contribution in [2.75, 3.05) is 26.1 Å². The fourth-order valence-electron chi connectivity index (χ4n) is 3.13. The third-order valence-corrected chi connectivity index (χ3v) is 6.01. The highest BCUT2D eigenvalue weighted by molar-refractivity contribution is 7.91. The molecule has 0 spiro atoms. The van der Waals surface area contributed by atoms with Crippen LogP contribution in [-0.4, -0.2) is 40.3 Å². The third kappa shape index (κ3) is 2.74. The number of hydrogen-bond acceptors (Lipinski definition) is 6. The van der Waals surface area contributed by atoms with Crippen molar-refractivity contribution in [3.05, 3.63) is 53.1 Å². The maximum atomic E-state index is 12.7. The van der Waals surface area contributed by atoms with E-state index in [1.165, 1.54) is 19.2 Å². The molecule has 26 heavy (non-hydrogen) atoms. The summed E-state index contributed by atoms with van der Waals surface area (Å²) in [6.45, 7) is 0.841. The van der Waals surface area contributed by atoms with Crippen molar-refractivity contribution in [1.29, 1.82) is 0 Å². The first kappa shape index (κ1) is 16.7. The van der Waals surface area contributed by atoms with Crippen LogP contribution in [0.2, 0.25) is 0 Å². The van der Waals surface area contributed by atoms with Gasteiger partial charge in [-0.2, -0.15) is 0 Å². The quantitative estimate of drug-likeness (QED) is 0.754. The summed E-state index contributed by atoms with van der Waals surface area (Å²) in [5.41, 5.74) is 1.03. The molecule has 4 rings (SSSR count). The second-order valence-corrected chi connectivity index (χ2v) is 7.96. The molecular weight excluding hydrogens is 356 g/mol. The number of carbonyl (C=O) groups excluding carboxylic acids is 1. The SMILES string of the molecule is COc1cc(C=C2CS(=O)(=O)c3ccccc3C2=O)cc2c1OCCO2. The van der Waals surface area contributed by atoms with Crippen LogP contribution in [0.15, 0.2) is 46.9 Å². The Kier molecular flexibility index (Phi) is 3.96. The molecule has 0 fully saturated rings. The number of rotatable bonds is 2. The molecule has 0 saturated heterocycles. The largest absolute Gasteiger partial charge is 0.493 e. The first-order valence-electron chi connectivity index (χ1n) is 8.04. The fraction of sp³-hybridized carbons (Fsp3) is 0.211. The molecule has 6 nitrogen and oxygen atoms in total. The Bertz CT molecular complexity index is 1020. The highest BCUT2D eigenvalue weighted by Crippen LogP contribution is 2.41. The minimum absolute atomic E-state index is 0.0851. The van der Waals surface area contributed by atoms with E-state index in [0.717, 1.165) is 0 Å². The minimum Gasteiger partial charge on any atom is -0.493 e. The van der Waals surface area contributed by atoms with Gasteiger partial charge >= 0.3 is 0 Å². The zero-order valence-electron chi connectivity index (χ0n) is 14.0. The monoisotopic (exact) mass is 372 g/mol. The molecule has 2 aliphatic rings. The molecule has 0 radical (unpaired) electrons. The van der Waals surface area contributed by atoms with Gasteiger partial charge in [0.15, 0.2) is 27.1 Å². The van der Waals surface area contributed by atoms with Crippen LogP contribution in [0, 0.1) is 0 Å². The smallest absolute Gasteiger partial charge is 0.203 e. The predicted octanol–water partition coefficient (Wildman–Crippen LogP) is 2.52. The highest BCUT2D eigenvalue weighted by Gasteiger charge is 2.32. The number of sulfone groups is 1. The van der Waals surface area contributed by atoms with Gasteiger partial charge in [0, 0.05) is 11.1 Å². The Hall–Kier alpha value is -2.80. The van der Waals surface area contributed by atoms with Crippen LogP contribution in [0.4, 0.5) is 0 Å². The first-order chi connectivity index (χ1) is 12.5. The number of carbonyl (C=O) groups is 1. The van der Waals surface area contributed by atoms with E-state index in [1.54, 1.807) is 30.3 Å². The van der Waals surface area contributed by atoms with Crippen LogP contribution >= 0.6 is 0 Å². The van der Waals surface area contributed by atoms with Gasteiger partial charge in [0.1, 0.15) is 13.2 Å². The lowest BCUT2D eigenvalue weighted by Gasteiger charge is -2.21. The van der Waals surface area contributed by atoms with E-state index in [4.69, 9.17) is 14.2 Å². The van der Waals surface area contributed by atoms with Gasteiger partial charge in [0.05, 0.1) is 17.8 Å². The Morgan fingerprint density at radius 1 is 1.12 bits per heavy atom. The number of ketones is 1. The number of fused-ring (bicyclic) bond motifs is 2. The lowest BCUT2D eigenvalue weighted by molar-refractivity contribution is 0.103. The molecule has 2 aliphatic heterocycles. The molecule has 0 amide bonds. The number of methoxy groups -OCH3 is 1. The van der Waals surface area contributed by atoms with Crippen LogP contribution in [-0.2, 0) is 9.84 Å². The topological polar surface area (TPSA) is 78.9 Å². The number of benzene rings is 2. The lowest BCUT2D eigenvalue weighted by atomic mass is 10.0. The molecule has 0 N–H and O–H groups in total. The van der Waals surface area contributed by atoms with Gasteiger partial charge in [-0.25, -0.2) is 8.42 Å². The van der Waals surface area contributed by atoms with Gasteiger partial charge < -0.3 is 14.2 Å². The summed E-state index contributed by atoms with van der Waals surface area (Å²) in [5, 5.41) is 0. The summed E-state index contributed by atoms with van der Waals surface area (Å²) in [7, 11) is -2.04. The molecule has 0 saturated carbocycles. The van der Waals surface area contributed by atoms with Crippen LogP contribution in [0.5, 0.6) is 17.2 Å². The molecule has 7 heteroatoms. The van der Waals surface area contributed by atoms with Crippen LogP contribution in [0.1, 0.15) is 15.9 Å². The molecule has 134 valence electrons. The van der Waals surface area contributed by atoms with Crippen molar-refractivity contribution in [1.82, 2.24) is 0 Å². The highest BCUT2D eigenvalue weighted by atomic mass is 32.2. The maximum Gasteiger partial charge on any atom is 0.203 e. The summed E-state index contributed by atoms with van der Waals surface area (Å²) in [4.78, 5) is 12.8. The van der Waals surface area contributed by atoms with Crippen molar-refractivity contribution in [3.8, 4) is 17.2 Å². The van der Waals surface area contributed by atoms with E-state index in [1.807, 2.05) is 0 Å². The van der Waals surface area contributed by atoms with Gasteiger partial charge in [0.2, 0.25) is 5.75 Å². The molecule has 0 atom stereocenters. The Balaban J connectivity index is 1.81. The lowest BCUT2D eigenvalue weighted by Crippen LogP contribution is -2.24. The number of hydrogen-bond donors (Lipinski definition) is 0. The van der Waals surface area contributed by atoms with Gasteiger partial charge in [-0.1, -0.05) is 12.1 Å². The van der Waals surface area contributed by atoms with E-state index in [2.05, 4.69) is 0 Å². The number of ether oxygens (including phenoxy) is 3. The molecule has 0 bridgehead atoms. The molecule has 0 aliphatic carbocycles. The summed E-state index contributed by atoms with van der Waals surface area (Å²) >= 11 is 0. The Morgan fingerprint density at radius 3 is 2.69 bits per heavy atom. The average Bonchev–Trinajstić information content (AvgIpc) is 2.65. The van der Waals surface area contributed by atoms with Gasteiger partial charge in [-0.3, -0.25) is 4.79 Å². The summed E-state index contributed by atoms with van der Waals surface area (Å²) in [6.07, 6.45) is 1.57. The zero-order chi connectivity index (χ0) is 18.3.